The quantitative estimate of drug-likeness (QED) is 0.713. The Bertz CT molecular complexity index is 701. The van der Waals surface area contributed by atoms with Crippen LogP contribution in [0.15, 0.2) is 0 Å². The van der Waals surface area contributed by atoms with Crippen molar-refractivity contribution in [2.45, 2.75) is 53.0 Å². The molecule has 0 bridgehead atoms. The summed E-state index contributed by atoms with van der Waals surface area (Å²) in [5.74, 6) is -1.26. The highest BCUT2D eigenvalue weighted by Gasteiger charge is 2.28. The van der Waals surface area contributed by atoms with Crippen molar-refractivity contribution in [3.05, 3.63) is 16.0 Å². The molecule has 0 aliphatic carbocycles. The Morgan fingerprint density at radius 2 is 1.81 bits per heavy atom. The van der Waals surface area contributed by atoms with E-state index in [1.165, 1.54) is 6.42 Å². The summed E-state index contributed by atoms with van der Waals surface area (Å²) in [6.45, 7) is 8.80. The van der Waals surface area contributed by atoms with Gasteiger partial charge in [0.05, 0.1) is 25.3 Å². The first-order chi connectivity index (χ1) is 12.9. The van der Waals surface area contributed by atoms with Crippen molar-refractivity contribution in [1.29, 1.82) is 0 Å². The van der Waals surface area contributed by atoms with Crippen LogP contribution in [0.4, 0.5) is 5.00 Å². The van der Waals surface area contributed by atoms with Gasteiger partial charge in [0, 0.05) is 6.04 Å². The van der Waals surface area contributed by atoms with E-state index in [9.17, 15) is 14.4 Å². The van der Waals surface area contributed by atoms with Gasteiger partial charge in [0.25, 0.3) is 0 Å². The molecule has 1 aromatic heterocycles. The van der Waals surface area contributed by atoms with Gasteiger partial charge in [-0.3, -0.25) is 9.69 Å². The number of esters is 2. The number of ether oxygens (including phenoxy) is 2. The number of anilines is 1. The van der Waals surface area contributed by atoms with Crippen LogP contribution in [-0.2, 0) is 14.3 Å². The van der Waals surface area contributed by atoms with E-state index in [1.54, 1.807) is 20.8 Å². The zero-order valence-electron chi connectivity index (χ0n) is 16.4. The van der Waals surface area contributed by atoms with Crippen LogP contribution in [-0.4, -0.2) is 55.1 Å². The van der Waals surface area contributed by atoms with E-state index in [4.69, 9.17) is 9.47 Å². The molecule has 27 heavy (non-hydrogen) atoms. The van der Waals surface area contributed by atoms with Crippen LogP contribution in [0.5, 0.6) is 0 Å². The maximum absolute atomic E-state index is 12.6. The zero-order valence-corrected chi connectivity index (χ0v) is 17.2. The van der Waals surface area contributed by atoms with Crippen LogP contribution in [0.3, 0.4) is 0 Å². The lowest BCUT2D eigenvalue weighted by Gasteiger charge is -2.32. The van der Waals surface area contributed by atoms with E-state index in [1.807, 2.05) is 0 Å². The van der Waals surface area contributed by atoms with Gasteiger partial charge in [-0.2, -0.15) is 0 Å². The van der Waals surface area contributed by atoms with Gasteiger partial charge in [0.2, 0.25) is 5.91 Å². The van der Waals surface area contributed by atoms with Crippen molar-refractivity contribution in [3.63, 3.8) is 0 Å². The van der Waals surface area contributed by atoms with E-state index in [2.05, 4.69) is 17.1 Å². The maximum Gasteiger partial charge on any atom is 0.348 e. The molecule has 150 valence electrons. The van der Waals surface area contributed by atoms with Gasteiger partial charge < -0.3 is 14.8 Å². The molecular weight excluding hydrogens is 368 g/mol. The molecule has 7 nitrogen and oxygen atoms in total. The Morgan fingerprint density at radius 3 is 2.44 bits per heavy atom. The van der Waals surface area contributed by atoms with Gasteiger partial charge >= 0.3 is 11.9 Å². The third kappa shape index (κ3) is 5.29. The number of likely N-dealkylation sites (tertiary alicyclic amines) is 1. The number of hydrogen-bond acceptors (Lipinski definition) is 7. The minimum absolute atomic E-state index is 0.203. The number of piperidine rings is 1. The fourth-order valence-corrected chi connectivity index (χ4v) is 4.29. The Morgan fingerprint density at radius 1 is 1.15 bits per heavy atom. The number of hydrogen-bond donors (Lipinski definition) is 1. The predicted molar refractivity (Wildman–Crippen MR) is 104 cm³/mol. The predicted octanol–water partition coefficient (Wildman–Crippen LogP) is 3.22. The summed E-state index contributed by atoms with van der Waals surface area (Å²) in [5.41, 5.74) is 0.698. The van der Waals surface area contributed by atoms with E-state index < -0.39 is 11.9 Å². The van der Waals surface area contributed by atoms with Crippen molar-refractivity contribution >= 4 is 34.2 Å². The number of nitrogens with zero attached hydrogens (tertiary/aromatic N) is 1. The molecule has 1 fully saturated rings. The van der Waals surface area contributed by atoms with Crippen molar-refractivity contribution < 1.29 is 23.9 Å². The number of rotatable bonds is 7. The van der Waals surface area contributed by atoms with Gasteiger partial charge in [0.1, 0.15) is 9.88 Å². The van der Waals surface area contributed by atoms with E-state index in [0.29, 0.717) is 21.5 Å². The summed E-state index contributed by atoms with van der Waals surface area (Å²) in [6.07, 6.45) is 3.34. The highest BCUT2D eigenvalue weighted by Crippen LogP contribution is 2.34. The number of carbonyl (C=O) groups excluding carboxylic acids is 3. The number of carbonyl (C=O) groups is 3. The summed E-state index contributed by atoms with van der Waals surface area (Å²) in [7, 11) is 0. The van der Waals surface area contributed by atoms with Crippen LogP contribution in [0.25, 0.3) is 0 Å². The molecule has 1 aliphatic rings. The normalized spacial score (nSPS) is 17.4. The van der Waals surface area contributed by atoms with Crippen LogP contribution in [0.1, 0.15) is 65.6 Å². The fraction of sp³-hybridized carbons (Fsp3) is 0.632. The van der Waals surface area contributed by atoms with Crippen LogP contribution in [0.2, 0.25) is 0 Å². The lowest BCUT2D eigenvalue weighted by Crippen LogP contribution is -2.42. The van der Waals surface area contributed by atoms with Crippen molar-refractivity contribution in [2.75, 3.05) is 31.6 Å². The first-order valence-electron chi connectivity index (χ1n) is 9.40. The summed E-state index contributed by atoms with van der Waals surface area (Å²) in [4.78, 5) is 39.5. The highest BCUT2D eigenvalue weighted by molar-refractivity contribution is 7.18. The number of thiophene rings is 1. The molecule has 1 atom stereocenters. The van der Waals surface area contributed by atoms with Crippen LogP contribution in [0, 0.1) is 6.92 Å². The lowest BCUT2D eigenvalue weighted by molar-refractivity contribution is -0.118. The molecule has 0 spiro atoms. The summed E-state index contributed by atoms with van der Waals surface area (Å²) >= 11 is 1.05. The highest BCUT2D eigenvalue weighted by atomic mass is 32.1. The van der Waals surface area contributed by atoms with Crippen LogP contribution >= 0.6 is 11.3 Å². The largest absolute Gasteiger partial charge is 0.462 e. The number of amides is 1. The minimum atomic E-state index is -0.552. The standard InChI is InChI=1S/C19H28N2O5S/c1-5-25-18(23)15-13(4)16(19(24)26-6-2)27-17(15)20-14(22)11-21-10-8-7-9-12(21)3/h12H,5-11H2,1-4H3,(H,20,22). The van der Waals surface area contributed by atoms with Crippen LogP contribution < -0.4 is 5.32 Å². The van der Waals surface area contributed by atoms with E-state index in [0.717, 1.165) is 30.7 Å². The zero-order chi connectivity index (χ0) is 20.0. The third-order valence-corrected chi connectivity index (χ3v) is 5.81. The fourth-order valence-electron chi connectivity index (χ4n) is 3.19. The molecule has 1 amide bonds. The average Bonchev–Trinajstić information content (AvgIpc) is 2.93. The van der Waals surface area contributed by atoms with Crippen molar-refractivity contribution in [1.82, 2.24) is 4.90 Å². The summed E-state index contributed by atoms with van der Waals surface area (Å²) in [5, 5.41) is 3.14. The van der Waals surface area contributed by atoms with E-state index >= 15 is 0 Å². The first-order valence-corrected chi connectivity index (χ1v) is 10.2. The summed E-state index contributed by atoms with van der Waals surface area (Å²) in [6, 6.07) is 0.356. The smallest absolute Gasteiger partial charge is 0.348 e. The Kier molecular flexibility index (Phi) is 7.79. The molecule has 1 aromatic rings. The van der Waals surface area contributed by atoms with Gasteiger partial charge in [-0.15, -0.1) is 11.3 Å². The van der Waals surface area contributed by atoms with Crippen molar-refractivity contribution in [2.24, 2.45) is 0 Å². The molecule has 2 heterocycles. The third-order valence-electron chi connectivity index (χ3n) is 4.63. The monoisotopic (exact) mass is 396 g/mol. The average molecular weight is 397 g/mol. The summed E-state index contributed by atoms with van der Waals surface area (Å²) < 4.78 is 10.2. The number of nitrogens with one attached hydrogen (secondary N) is 1. The molecule has 8 heteroatoms. The maximum atomic E-state index is 12.6. The van der Waals surface area contributed by atoms with E-state index in [-0.39, 0.29) is 31.2 Å². The first kappa shape index (κ1) is 21.4. The van der Waals surface area contributed by atoms with Gasteiger partial charge in [-0.25, -0.2) is 9.59 Å². The molecule has 2 rings (SSSR count). The van der Waals surface area contributed by atoms with Gasteiger partial charge in [-0.1, -0.05) is 6.42 Å². The molecule has 1 N–H and O–H groups in total. The SMILES string of the molecule is CCOC(=O)c1sc(NC(=O)CN2CCCCC2C)c(C(=O)OCC)c1C. The molecule has 1 unspecified atom stereocenters. The van der Waals surface area contributed by atoms with Crippen molar-refractivity contribution in [3.8, 4) is 0 Å². The minimum Gasteiger partial charge on any atom is -0.462 e. The van der Waals surface area contributed by atoms with Gasteiger partial charge in [-0.05, 0) is 52.6 Å². The molecule has 0 saturated carbocycles. The second kappa shape index (κ2) is 9.85. The molecule has 1 aliphatic heterocycles. The molecule has 0 radical (unpaired) electrons. The molecular formula is C19H28N2O5S. The molecule has 1 saturated heterocycles. The van der Waals surface area contributed by atoms with Gasteiger partial charge in [0.15, 0.2) is 0 Å². The Hall–Kier alpha value is -1.93. The molecule has 0 aromatic carbocycles. The second-order valence-corrected chi connectivity index (χ2v) is 7.59. The Balaban J connectivity index is 2.22. The Labute approximate surface area is 164 Å². The second-order valence-electron chi connectivity index (χ2n) is 6.56. The topological polar surface area (TPSA) is 84.9 Å². The lowest BCUT2D eigenvalue weighted by atomic mass is 10.0.